The number of urea groups is 1. The first kappa shape index (κ1) is 14.4. The lowest BCUT2D eigenvalue weighted by Crippen LogP contribution is -2.64. The summed E-state index contributed by atoms with van der Waals surface area (Å²) in [4.78, 5) is 37.5. The van der Waals surface area contributed by atoms with Crippen LogP contribution in [0.3, 0.4) is 0 Å². The molecule has 3 N–H and O–H groups in total. The zero-order chi connectivity index (χ0) is 14.0. The molecule has 0 saturated carbocycles. The van der Waals surface area contributed by atoms with Gasteiger partial charge in [0.25, 0.3) is 0 Å². The van der Waals surface area contributed by atoms with Crippen molar-refractivity contribution in [2.75, 3.05) is 13.6 Å². The highest BCUT2D eigenvalue weighted by Gasteiger charge is 2.39. The molecule has 0 spiro atoms. The van der Waals surface area contributed by atoms with Crippen molar-refractivity contribution in [3.05, 3.63) is 0 Å². The molecule has 0 aliphatic carbocycles. The Kier molecular flexibility index (Phi) is 4.28. The van der Waals surface area contributed by atoms with Crippen LogP contribution in [0.1, 0.15) is 20.8 Å². The van der Waals surface area contributed by atoms with E-state index in [1.807, 2.05) is 19.2 Å². The number of nitrogens with two attached hydrogens (primary N) is 1. The molecule has 0 aromatic rings. The molecule has 3 unspecified atom stereocenters. The molecule has 7 heteroatoms. The SMILES string of the molecule is CC1C(C)N(CC(=O)NC(N)=O)C(C)C(=O)N1C. The maximum atomic E-state index is 12.0. The van der Waals surface area contributed by atoms with E-state index >= 15 is 0 Å². The second kappa shape index (κ2) is 5.34. The summed E-state index contributed by atoms with van der Waals surface area (Å²) in [6, 6.07) is -1.23. The van der Waals surface area contributed by atoms with E-state index in [0.717, 1.165) is 0 Å². The molecule has 0 radical (unpaired) electrons. The average molecular weight is 256 g/mol. The third kappa shape index (κ3) is 2.79. The molecule has 102 valence electrons. The van der Waals surface area contributed by atoms with Crippen molar-refractivity contribution in [2.45, 2.75) is 38.9 Å². The van der Waals surface area contributed by atoms with Gasteiger partial charge in [0.2, 0.25) is 11.8 Å². The molecule has 18 heavy (non-hydrogen) atoms. The zero-order valence-corrected chi connectivity index (χ0v) is 11.1. The Morgan fingerprint density at radius 2 is 1.83 bits per heavy atom. The van der Waals surface area contributed by atoms with Crippen molar-refractivity contribution in [3.63, 3.8) is 0 Å². The predicted molar refractivity (Wildman–Crippen MR) is 65.6 cm³/mol. The number of piperazine rings is 1. The van der Waals surface area contributed by atoms with Crippen LogP contribution in [0.2, 0.25) is 0 Å². The molecule has 4 amide bonds. The first-order valence-electron chi connectivity index (χ1n) is 5.87. The normalized spacial score (nSPS) is 29.2. The first-order chi connectivity index (χ1) is 8.25. The van der Waals surface area contributed by atoms with E-state index in [2.05, 4.69) is 0 Å². The van der Waals surface area contributed by atoms with Crippen molar-refractivity contribution < 1.29 is 14.4 Å². The van der Waals surface area contributed by atoms with Crippen LogP contribution in [0.25, 0.3) is 0 Å². The molecule has 1 fully saturated rings. The standard InChI is InChI=1S/C11H20N4O3/c1-6-7(2)15(5-9(16)13-11(12)18)8(3)10(17)14(6)4/h6-8H,5H2,1-4H3,(H3,12,13,16,18). The maximum Gasteiger partial charge on any atom is 0.318 e. The minimum absolute atomic E-state index is 0.00933. The number of carbonyl (C=O) groups is 3. The smallest absolute Gasteiger partial charge is 0.318 e. The summed E-state index contributed by atoms with van der Waals surface area (Å²) >= 11 is 0. The van der Waals surface area contributed by atoms with E-state index in [1.54, 1.807) is 23.8 Å². The van der Waals surface area contributed by atoms with Gasteiger partial charge in [-0.2, -0.15) is 0 Å². The topological polar surface area (TPSA) is 95.7 Å². The van der Waals surface area contributed by atoms with Gasteiger partial charge in [-0.1, -0.05) is 0 Å². The molecule has 1 rings (SSSR count). The highest BCUT2D eigenvalue weighted by molar-refractivity contribution is 5.95. The van der Waals surface area contributed by atoms with Crippen LogP contribution in [-0.2, 0) is 9.59 Å². The lowest BCUT2D eigenvalue weighted by molar-refractivity contribution is -0.147. The molecular weight excluding hydrogens is 236 g/mol. The number of primary amides is 1. The van der Waals surface area contributed by atoms with Gasteiger partial charge in [0.05, 0.1) is 12.6 Å². The van der Waals surface area contributed by atoms with Crippen LogP contribution in [0.4, 0.5) is 4.79 Å². The van der Waals surface area contributed by atoms with Crippen molar-refractivity contribution in [2.24, 2.45) is 5.73 Å². The number of likely N-dealkylation sites (N-methyl/N-ethyl adjacent to an activating group) is 1. The van der Waals surface area contributed by atoms with Gasteiger partial charge in [0.1, 0.15) is 0 Å². The fraction of sp³-hybridized carbons (Fsp3) is 0.727. The third-order valence-electron chi connectivity index (χ3n) is 3.62. The number of nitrogens with zero attached hydrogens (tertiary/aromatic N) is 2. The van der Waals surface area contributed by atoms with E-state index in [0.29, 0.717) is 0 Å². The molecule has 0 bridgehead atoms. The van der Waals surface area contributed by atoms with E-state index in [1.165, 1.54) is 0 Å². The Labute approximate surface area is 106 Å². The number of nitrogens with one attached hydrogen (secondary N) is 1. The molecular formula is C11H20N4O3. The van der Waals surface area contributed by atoms with E-state index < -0.39 is 11.9 Å². The summed E-state index contributed by atoms with van der Waals surface area (Å²) in [7, 11) is 1.75. The minimum Gasteiger partial charge on any atom is -0.351 e. The highest BCUT2D eigenvalue weighted by atomic mass is 16.2. The summed E-state index contributed by atoms with van der Waals surface area (Å²) in [6.07, 6.45) is 0. The monoisotopic (exact) mass is 256 g/mol. The number of hydrogen-bond donors (Lipinski definition) is 2. The number of carbonyl (C=O) groups excluding carboxylic acids is 3. The van der Waals surface area contributed by atoms with Crippen molar-refractivity contribution in [3.8, 4) is 0 Å². The van der Waals surface area contributed by atoms with Gasteiger partial charge in [-0.3, -0.25) is 19.8 Å². The molecule has 1 aliphatic rings. The Morgan fingerprint density at radius 3 is 2.33 bits per heavy atom. The molecule has 1 saturated heterocycles. The lowest BCUT2D eigenvalue weighted by atomic mass is 10.0. The number of hydrogen-bond acceptors (Lipinski definition) is 4. The van der Waals surface area contributed by atoms with Crippen molar-refractivity contribution in [1.82, 2.24) is 15.1 Å². The second-order valence-electron chi connectivity index (χ2n) is 4.69. The van der Waals surface area contributed by atoms with Crippen LogP contribution < -0.4 is 11.1 Å². The quantitative estimate of drug-likeness (QED) is 0.670. The summed E-state index contributed by atoms with van der Waals surface area (Å²) in [6.45, 7) is 5.60. The average Bonchev–Trinajstić information content (AvgIpc) is 2.29. The van der Waals surface area contributed by atoms with Gasteiger partial charge in [-0.15, -0.1) is 0 Å². The number of amides is 4. The van der Waals surface area contributed by atoms with E-state index in [-0.39, 0.29) is 30.6 Å². The first-order valence-corrected chi connectivity index (χ1v) is 5.87. The van der Waals surface area contributed by atoms with Crippen molar-refractivity contribution in [1.29, 1.82) is 0 Å². The largest absolute Gasteiger partial charge is 0.351 e. The van der Waals surface area contributed by atoms with Crippen LogP contribution in [-0.4, -0.2) is 59.4 Å². The minimum atomic E-state index is -0.881. The van der Waals surface area contributed by atoms with Gasteiger partial charge < -0.3 is 10.6 Å². The van der Waals surface area contributed by atoms with Crippen LogP contribution in [0.5, 0.6) is 0 Å². The van der Waals surface area contributed by atoms with E-state index in [4.69, 9.17) is 5.73 Å². The van der Waals surface area contributed by atoms with Crippen LogP contribution in [0.15, 0.2) is 0 Å². The number of imide groups is 1. The molecule has 0 aromatic heterocycles. The highest BCUT2D eigenvalue weighted by Crippen LogP contribution is 2.20. The molecule has 1 heterocycles. The Morgan fingerprint density at radius 1 is 1.28 bits per heavy atom. The van der Waals surface area contributed by atoms with Crippen LogP contribution >= 0.6 is 0 Å². The summed E-state index contributed by atoms with van der Waals surface area (Å²) < 4.78 is 0. The molecule has 0 aromatic carbocycles. The number of rotatable bonds is 2. The van der Waals surface area contributed by atoms with Gasteiger partial charge in [-0.05, 0) is 20.8 Å². The zero-order valence-electron chi connectivity index (χ0n) is 11.1. The van der Waals surface area contributed by atoms with Gasteiger partial charge in [0, 0.05) is 19.1 Å². The maximum absolute atomic E-state index is 12.0. The predicted octanol–water partition coefficient (Wildman–Crippen LogP) is -0.879. The van der Waals surface area contributed by atoms with Crippen molar-refractivity contribution >= 4 is 17.8 Å². The molecule has 3 atom stereocenters. The lowest BCUT2D eigenvalue weighted by Gasteiger charge is -2.46. The van der Waals surface area contributed by atoms with Gasteiger partial charge in [-0.25, -0.2) is 4.79 Å². The van der Waals surface area contributed by atoms with Gasteiger partial charge >= 0.3 is 6.03 Å². The summed E-state index contributed by atoms with van der Waals surface area (Å²) in [5.74, 6) is -0.529. The Bertz CT molecular complexity index is 371. The molecule has 7 nitrogen and oxygen atoms in total. The van der Waals surface area contributed by atoms with E-state index in [9.17, 15) is 14.4 Å². The second-order valence-corrected chi connectivity index (χ2v) is 4.69. The van der Waals surface area contributed by atoms with Crippen LogP contribution in [0, 0.1) is 0 Å². The van der Waals surface area contributed by atoms with Gasteiger partial charge in [0.15, 0.2) is 0 Å². The summed E-state index contributed by atoms with van der Waals surface area (Å²) in [5, 5.41) is 2.01. The third-order valence-corrected chi connectivity index (χ3v) is 3.62. The summed E-state index contributed by atoms with van der Waals surface area (Å²) in [5.41, 5.74) is 4.88. The fourth-order valence-corrected chi connectivity index (χ4v) is 2.21. The Balaban J connectivity index is 2.77. The fourth-order valence-electron chi connectivity index (χ4n) is 2.21. The Hall–Kier alpha value is -1.63. The molecule has 1 aliphatic heterocycles.